The van der Waals surface area contributed by atoms with E-state index >= 15 is 0 Å². The molecule has 0 saturated heterocycles. The molecule has 0 radical (unpaired) electrons. The number of fused-ring (bicyclic) bond motifs is 1. The molecule has 3 heteroatoms. The Kier molecular flexibility index (Phi) is 5.66. The van der Waals surface area contributed by atoms with Gasteiger partial charge in [-0.2, -0.15) is 13.2 Å². The first kappa shape index (κ1) is 18.1. The van der Waals surface area contributed by atoms with Gasteiger partial charge in [0.2, 0.25) is 0 Å². The maximum Gasteiger partial charge on any atom is 0.416 e. The van der Waals surface area contributed by atoms with Crippen LogP contribution >= 0.6 is 0 Å². The first-order valence-corrected chi connectivity index (χ1v) is 7.90. The van der Waals surface area contributed by atoms with Gasteiger partial charge in [0.25, 0.3) is 0 Å². The number of aryl methyl sites for hydroxylation is 1. The lowest BCUT2D eigenvalue weighted by Gasteiger charge is -2.10. The Morgan fingerprint density at radius 2 is 1.42 bits per heavy atom. The van der Waals surface area contributed by atoms with Crippen molar-refractivity contribution < 1.29 is 13.2 Å². The SMILES string of the molecule is CC(C)c1cccc(C(F)(F)F)c1.Cc1cccc2ccccc12. The normalized spacial score (nSPS) is 11.3. The molecule has 0 heterocycles. The van der Waals surface area contributed by atoms with Crippen molar-refractivity contribution in [3.8, 4) is 0 Å². The third-order valence-corrected chi connectivity index (χ3v) is 3.89. The average Bonchev–Trinajstić information content (AvgIpc) is 2.55. The maximum absolute atomic E-state index is 12.2. The van der Waals surface area contributed by atoms with Crippen LogP contribution in [0.15, 0.2) is 66.7 Å². The van der Waals surface area contributed by atoms with E-state index in [0.29, 0.717) is 0 Å². The van der Waals surface area contributed by atoms with Gasteiger partial charge in [-0.3, -0.25) is 0 Å². The highest BCUT2D eigenvalue weighted by Crippen LogP contribution is 2.30. The summed E-state index contributed by atoms with van der Waals surface area (Å²) in [7, 11) is 0. The zero-order valence-corrected chi connectivity index (χ0v) is 14.1. The Hall–Kier alpha value is -2.29. The van der Waals surface area contributed by atoms with Crippen LogP contribution in [0.2, 0.25) is 0 Å². The van der Waals surface area contributed by atoms with Gasteiger partial charge in [-0.05, 0) is 40.8 Å². The lowest BCUT2D eigenvalue weighted by Crippen LogP contribution is -2.05. The van der Waals surface area contributed by atoms with E-state index in [0.717, 1.165) is 11.6 Å². The Balaban J connectivity index is 0.000000175. The van der Waals surface area contributed by atoms with Crippen LogP contribution in [0.3, 0.4) is 0 Å². The Bertz CT molecular complexity index is 796. The van der Waals surface area contributed by atoms with Gasteiger partial charge in [0, 0.05) is 0 Å². The van der Waals surface area contributed by atoms with Gasteiger partial charge in [0.15, 0.2) is 0 Å². The molecule has 24 heavy (non-hydrogen) atoms. The molecule has 0 atom stereocenters. The summed E-state index contributed by atoms with van der Waals surface area (Å²) in [6.45, 7) is 5.88. The lowest BCUT2D eigenvalue weighted by atomic mass is 10.0. The number of benzene rings is 3. The van der Waals surface area contributed by atoms with Gasteiger partial charge >= 0.3 is 6.18 Å². The third-order valence-electron chi connectivity index (χ3n) is 3.89. The smallest absolute Gasteiger partial charge is 0.166 e. The van der Waals surface area contributed by atoms with Crippen LogP contribution in [0.1, 0.15) is 36.5 Å². The summed E-state index contributed by atoms with van der Waals surface area (Å²) < 4.78 is 36.7. The van der Waals surface area contributed by atoms with Gasteiger partial charge in [0.1, 0.15) is 0 Å². The summed E-state index contributed by atoms with van der Waals surface area (Å²) in [5.74, 6) is 0.127. The minimum Gasteiger partial charge on any atom is -0.166 e. The molecule has 126 valence electrons. The summed E-state index contributed by atoms with van der Waals surface area (Å²) in [6.07, 6.45) is -4.23. The van der Waals surface area contributed by atoms with Gasteiger partial charge in [-0.1, -0.05) is 74.5 Å². The molecule has 0 bridgehead atoms. The van der Waals surface area contributed by atoms with Crippen molar-refractivity contribution >= 4 is 10.8 Å². The van der Waals surface area contributed by atoms with Crippen molar-refractivity contribution in [1.29, 1.82) is 0 Å². The van der Waals surface area contributed by atoms with E-state index in [4.69, 9.17) is 0 Å². The third kappa shape index (κ3) is 4.60. The number of hydrogen-bond donors (Lipinski definition) is 0. The van der Waals surface area contributed by atoms with E-state index in [2.05, 4.69) is 49.4 Å². The zero-order valence-electron chi connectivity index (χ0n) is 14.1. The predicted octanol–water partition coefficient (Wildman–Crippen LogP) is 6.98. The minimum atomic E-state index is -4.23. The molecular weight excluding hydrogens is 309 g/mol. The van der Waals surface area contributed by atoms with E-state index in [1.807, 2.05) is 13.8 Å². The standard InChI is InChI=1S/C11H10.C10H11F3/c1-9-5-4-7-10-6-2-3-8-11(9)10;1-7(2)8-4-3-5-9(6-8)10(11,12)13/h2-8H,1H3;3-7H,1-2H3. The Morgan fingerprint density at radius 1 is 0.792 bits per heavy atom. The monoisotopic (exact) mass is 330 g/mol. The van der Waals surface area contributed by atoms with Gasteiger partial charge in [0.05, 0.1) is 5.56 Å². The van der Waals surface area contributed by atoms with E-state index in [1.165, 1.54) is 28.5 Å². The van der Waals surface area contributed by atoms with E-state index < -0.39 is 11.7 Å². The second kappa shape index (κ2) is 7.52. The number of alkyl halides is 3. The average molecular weight is 330 g/mol. The predicted molar refractivity (Wildman–Crippen MR) is 94.2 cm³/mol. The maximum atomic E-state index is 12.2. The molecule has 0 fully saturated rings. The highest BCUT2D eigenvalue weighted by Gasteiger charge is 2.30. The van der Waals surface area contributed by atoms with Crippen molar-refractivity contribution in [2.24, 2.45) is 0 Å². The van der Waals surface area contributed by atoms with Crippen molar-refractivity contribution in [3.05, 3.63) is 83.4 Å². The molecule has 0 aliphatic heterocycles. The molecular formula is C21H21F3. The van der Waals surface area contributed by atoms with E-state index in [-0.39, 0.29) is 5.92 Å². The molecule has 0 aromatic heterocycles. The molecule has 0 aliphatic rings. The largest absolute Gasteiger partial charge is 0.416 e. The Morgan fingerprint density at radius 3 is 2.04 bits per heavy atom. The zero-order chi connectivity index (χ0) is 17.7. The van der Waals surface area contributed by atoms with Crippen molar-refractivity contribution in [3.63, 3.8) is 0 Å². The molecule has 0 nitrogen and oxygen atoms in total. The van der Waals surface area contributed by atoms with Crippen LogP contribution in [0.4, 0.5) is 13.2 Å². The summed E-state index contributed by atoms with van der Waals surface area (Å²) in [6, 6.07) is 20.3. The highest BCUT2D eigenvalue weighted by molar-refractivity contribution is 5.85. The second-order valence-electron chi connectivity index (χ2n) is 6.07. The summed E-state index contributed by atoms with van der Waals surface area (Å²) in [5, 5.41) is 2.68. The van der Waals surface area contributed by atoms with E-state index in [1.54, 1.807) is 6.07 Å². The van der Waals surface area contributed by atoms with Crippen LogP contribution in [0, 0.1) is 6.92 Å². The van der Waals surface area contributed by atoms with Gasteiger partial charge in [-0.25, -0.2) is 0 Å². The fraction of sp³-hybridized carbons (Fsp3) is 0.238. The van der Waals surface area contributed by atoms with E-state index in [9.17, 15) is 13.2 Å². The van der Waals surface area contributed by atoms with Gasteiger partial charge < -0.3 is 0 Å². The second-order valence-corrected chi connectivity index (χ2v) is 6.07. The number of halogens is 3. The van der Waals surface area contributed by atoms with Crippen molar-refractivity contribution in [2.75, 3.05) is 0 Å². The summed E-state index contributed by atoms with van der Waals surface area (Å²) >= 11 is 0. The van der Waals surface area contributed by atoms with Crippen LogP contribution < -0.4 is 0 Å². The molecule has 0 N–H and O–H groups in total. The molecule has 0 spiro atoms. The fourth-order valence-electron chi connectivity index (χ4n) is 2.46. The van der Waals surface area contributed by atoms with Crippen molar-refractivity contribution in [1.82, 2.24) is 0 Å². The van der Waals surface area contributed by atoms with Crippen LogP contribution in [-0.4, -0.2) is 0 Å². The summed E-state index contributed by atoms with van der Waals surface area (Å²) in [4.78, 5) is 0. The fourth-order valence-corrected chi connectivity index (χ4v) is 2.46. The first-order chi connectivity index (χ1) is 11.3. The number of rotatable bonds is 1. The molecule has 3 aromatic rings. The van der Waals surface area contributed by atoms with Gasteiger partial charge in [-0.15, -0.1) is 0 Å². The molecule has 0 aliphatic carbocycles. The van der Waals surface area contributed by atoms with Crippen LogP contribution in [0.5, 0.6) is 0 Å². The Labute approximate surface area is 140 Å². The minimum absolute atomic E-state index is 0.127. The molecule has 0 unspecified atom stereocenters. The first-order valence-electron chi connectivity index (χ1n) is 7.90. The quantitative estimate of drug-likeness (QED) is 0.451. The summed E-state index contributed by atoms with van der Waals surface area (Å²) in [5.41, 5.74) is 1.50. The lowest BCUT2D eigenvalue weighted by molar-refractivity contribution is -0.137. The molecule has 0 saturated carbocycles. The highest BCUT2D eigenvalue weighted by atomic mass is 19.4. The van der Waals surface area contributed by atoms with Crippen molar-refractivity contribution in [2.45, 2.75) is 32.9 Å². The molecule has 0 amide bonds. The number of hydrogen-bond acceptors (Lipinski definition) is 0. The van der Waals surface area contributed by atoms with Crippen LogP contribution in [0.25, 0.3) is 10.8 Å². The molecule has 3 aromatic carbocycles. The topological polar surface area (TPSA) is 0 Å². The molecule has 3 rings (SSSR count). The van der Waals surface area contributed by atoms with Crippen LogP contribution in [-0.2, 0) is 6.18 Å².